The van der Waals surface area contributed by atoms with E-state index in [-0.39, 0.29) is 0 Å². The van der Waals surface area contributed by atoms with Gasteiger partial charge in [0.05, 0.1) is 12.2 Å². The van der Waals surface area contributed by atoms with Gasteiger partial charge in [-0.1, -0.05) is 19.9 Å². The molecule has 1 aromatic carbocycles. The SMILES string of the molecule is CC(C)CCOCCSc1cccc(C(=O)O)c1. The molecule has 0 aliphatic carbocycles. The smallest absolute Gasteiger partial charge is 0.335 e. The molecule has 1 N–H and O–H groups in total. The maximum Gasteiger partial charge on any atom is 0.335 e. The normalized spacial score (nSPS) is 10.8. The standard InChI is InChI=1S/C14H20O3S/c1-11(2)6-7-17-8-9-18-13-5-3-4-12(10-13)14(15)16/h3-5,10-11H,6-9H2,1-2H3,(H,15,16). The largest absolute Gasteiger partial charge is 0.478 e. The van der Waals surface area contributed by atoms with Gasteiger partial charge in [-0.05, 0) is 30.5 Å². The summed E-state index contributed by atoms with van der Waals surface area (Å²) in [5.41, 5.74) is 0.334. The van der Waals surface area contributed by atoms with Crippen molar-refractivity contribution in [3.63, 3.8) is 0 Å². The molecular weight excluding hydrogens is 248 g/mol. The highest BCUT2D eigenvalue weighted by atomic mass is 32.2. The van der Waals surface area contributed by atoms with Crippen molar-refractivity contribution in [2.24, 2.45) is 5.92 Å². The summed E-state index contributed by atoms with van der Waals surface area (Å²) in [6.07, 6.45) is 1.08. The molecule has 0 amide bonds. The van der Waals surface area contributed by atoms with Gasteiger partial charge in [0, 0.05) is 17.3 Å². The minimum Gasteiger partial charge on any atom is -0.478 e. The van der Waals surface area contributed by atoms with Crippen LogP contribution >= 0.6 is 11.8 Å². The van der Waals surface area contributed by atoms with Crippen LogP contribution in [-0.4, -0.2) is 30.0 Å². The van der Waals surface area contributed by atoms with Gasteiger partial charge in [0.25, 0.3) is 0 Å². The average molecular weight is 268 g/mol. The van der Waals surface area contributed by atoms with E-state index in [1.807, 2.05) is 6.07 Å². The van der Waals surface area contributed by atoms with E-state index in [4.69, 9.17) is 9.84 Å². The number of carbonyl (C=O) groups is 1. The lowest BCUT2D eigenvalue weighted by molar-refractivity contribution is 0.0696. The Bertz CT molecular complexity index is 377. The lowest BCUT2D eigenvalue weighted by Crippen LogP contribution is -2.02. The third kappa shape index (κ3) is 6.07. The monoisotopic (exact) mass is 268 g/mol. The molecule has 4 heteroatoms. The van der Waals surface area contributed by atoms with Crippen LogP contribution in [0.5, 0.6) is 0 Å². The van der Waals surface area contributed by atoms with Crippen molar-refractivity contribution in [1.29, 1.82) is 0 Å². The number of ether oxygens (including phenoxy) is 1. The fourth-order valence-electron chi connectivity index (χ4n) is 1.36. The predicted octanol–water partition coefficient (Wildman–Crippen LogP) is 3.54. The molecule has 3 nitrogen and oxygen atoms in total. The number of aromatic carboxylic acids is 1. The van der Waals surface area contributed by atoms with Gasteiger partial charge in [-0.15, -0.1) is 11.8 Å². The maximum atomic E-state index is 10.8. The molecule has 0 heterocycles. The molecular formula is C14H20O3S. The highest BCUT2D eigenvalue weighted by molar-refractivity contribution is 7.99. The van der Waals surface area contributed by atoms with Crippen molar-refractivity contribution in [2.45, 2.75) is 25.2 Å². The molecule has 0 spiro atoms. The zero-order valence-corrected chi connectivity index (χ0v) is 11.7. The zero-order valence-electron chi connectivity index (χ0n) is 10.9. The fraction of sp³-hybridized carbons (Fsp3) is 0.500. The molecule has 1 rings (SSSR count). The Morgan fingerprint density at radius 2 is 2.17 bits per heavy atom. The highest BCUT2D eigenvalue weighted by Crippen LogP contribution is 2.19. The molecule has 18 heavy (non-hydrogen) atoms. The third-order valence-corrected chi connectivity index (χ3v) is 3.37. The second kappa shape index (κ2) is 8.16. The Morgan fingerprint density at radius 1 is 1.39 bits per heavy atom. The Morgan fingerprint density at radius 3 is 2.83 bits per heavy atom. The molecule has 0 unspecified atom stereocenters. The van der Waals surface area contributed by atoms with E-state index in [2.05, 4.69) is 13.8 Å². The molecule has 0 atom stereocenters. The van der Waals surface area contributed by atoms with Gasteiger partial charge >= 0.3 is 5.97 Å². The molecule has 0 aliphatic rings. The van der Waals surface area contributed by atoms with Gasteiger partial charge in [-0.3, -0.25) is 0 Å². The Kier molecular flexibility index (Phi) is 6.83. The van der Waals surface area contributed by atoms with E-state index in [1.54, 1.807) is 30.0 Å². The minimum absolute atomic E-state index is 0.334. The summed E-state index contributed by atoms with van der Waals surface area (Å²) in [5, 5.41) is 8.87. The molecule has 0 aliphatic heterocycles. The van der Waals surface area contributed by atoms with Crippen molar-refractivity contribution < 1.29 is 14.6 Å². The van der Waals surface area contributed by atoms with Crippen molar-refractivity contribution in [3.05, 3.63) is 29.8 Å². The van der Waals surface area contributed by atoms with Gasteiger partial charge in [0.15, 0.2) is 0 Å². The minimum atomic E-state index is -0.884. The highest BCUT2D eigenvalue weighted by Gasteiger charge is 2.03. The fourth-order valence-corrected chi connectivity index (χ4v) is 2.18. The maximum absolute atomic E-state index is 10.8. The van der Waals surface area contributed by atoms with E-state index >= 15 is 0 Å². The third-order valence-electron chi connectivity index (χ3n) is 2.42. The van der Waals surface area contributed by atoms with Crippen molar-refractivity contribution in [3.8, 4) is 0 Å². The van der Waals surface area contributed by atoms with E-state index < -0.39 is 5.97 Å². The molecule has 100 valence electrons. The topological polar surface area (TPSA) is 46.5 Å². The van der Waals surface area contributed by atoms with Crippen LogP contribution in [0.15, 0.2) is 29.2 Å². The van der Waals surface area contributed by atoms with Crippen molar-refractivity contribution >= 4 is 17.7 Å². The van der Waals surface area contributed by atoms with Gasteiger partial charge in [-0.2, -0.15) is 0 Å². The molecule has 0 fully saturated rings. The van der Waals surface area contributed by atoms with Gasteiger partial charge < -0.3 is 9.84 Å². The van der Waals surface area contributed by atoms with Gasteiger partial charge in [-0.25, -0.2) is 4.79 Å². The summed E-state index contributed by atoms with van der Waals surface area (Å²) in [5.74, 6) is 0.636. The van der Waals surface area contributed by atoms with Crippen LogP contribution in [0.4, 0.5) is 0 Å². The molecule has 0 saturated heterocycles. The Labute approximate surface area is 113 Å². The first-order chi connectivity index (χ1) is 8.59. The van der Waals surface area contributed by atoms with Gasteiger partial charge in [0.1, 0.15) is 0 Å². The Balaban J connectivity index is 2.23. The number of hydrogen-bond donors (Lipinski definition) is 1. The first-order valence-corrected chi connectivity index (χ1v) is 7.12. The van der Waals surface area contributed by atoms with Crippen LogP contribution in [0, 0.1) is 5.92 Å². The lowest BCUT2D eigenvalue weighted by atomic mass is 10.1. The summed E-state index contributed by atoms with van der Waals surface area (Å²) < 4.78 is 5.51. The zero-order chi connectivity index (χ0) is 13.4. The van der Waals surface area contributed by atoms with Crippen molar-refractivity contribution in [2.75, 3.05) is 19.0 Å². The summed E-state index contributed by atoms with van der Waals surface area (Å²) >= 11 is 1.62. The number of benzene rings is 1. The number of thioether (sulfide) groups is 1. The van der Waals surface area contributed by atoms with E-state index in [9.17, 15) is 4.79 Å². The van der Waals surface area contributed by atoms with Crippen molar-refractivity contribution in [1.82, 2.24) is 0 Å². The molecule has 0 bridgehead atoms. The quantitative estimate of drug-likeness (QED) is 0.578. The van der Waals surface area contributed by atoms with Crippen LogP contribution in [0.1, 0.15) is 30.6 Å². The first-order valence-electron chi connectivity index (χ1n) is 6.13. The van der Waals surface area contributed by atoms with Crippen LogP contribution < -0.4 is 0 Å². The second-order valence-corrected chi connectivity index (χ2v) is 5.64. The first kappa shape index (κ1) is 15.1. The van der Waals surface area contributed by atoms with Gasteiger partial charge in [0.2, 0.25) is 0 Å². The van der Waals surface area contributed by atoms with Crippen LogP contribution in [0.3, 0.4) is 0 Å². The number of rotatable bonds is 8. The predicted molar refractivity (Wildman–Crippen MR) is 74.4 cm³/mol. The van der Waals surface area contributed by atoms with E-state index in [1.165, 1.54) is 0 Å². The number of carboxylic acid groups (broad SMARTS) is 1. The van der Waals surface area contributed by atoms with Crippen LogP contribution in [0.25, 0.3) is 0 Å². The molecule has 0 radical (unpaired) electrons. The summed E-state index contributed by atoms with van der Waals surface area (Å²) in [6, 6.07) is 6.99. The average Bonchev–Trinajstić information content (AvgIpc) is 2.33. The van der Waals surface area contributed by atoms with E-state index in [0.29, 0.717) is 18.1 Å². The molecule has 0 aromatic heterocycles. The summed E-state index contributed by atoms with van der Waals surface area (Å²) in [6.45, 7) is 5.85. The number of carboxylic acids is 1. The lowest BCUT2D eigenvalue weighted by Gasteiger charge is -2.06. The summed E-state index contributed by atoms with van der Waals surface area (Å²) in [4.78, 5) is 11.8. The number of hydrogen-bond acceptors (Lipinski definition) is 3. The molecule has 1 aromatic rings. The summed E-state index contributed by atoms with van der Waals surface area (Å²) in [7, 11) is 0. The van der Waals surface area contributed by atoms with Crippen LogP contribution in [0.2, 0.25) is 0 Å². The second-order valence-electron chi connectivity index (χ2n) is 4.48. The van der Waals surface area contributed by atoms with Crippen LogP contribution in [-0.2, 0) is 4.74 Å². The molecule has 0 saturated carbocycles. The Hall–Kier alpha value is -1.00. The van der Waals surface area contributed by atoms with E-state index in [0.717, 1.165) is 23.7 Å².